The summed E-state index contributed by atoms with van der Waals surface area (Å²) in [6, 6.07) is 6.35. The van der Waals surface area contributed by atoms with E-state index in [1.54, 1.807) is 18.2 Å². The summed E-state index contributed by atoms with van der Waals surface area (Å²) in [7, 11) is 1.49. The summed E-state index contributed by atoms with van der Waals surface area (Å²) in [4.78, 5) is 25.3. The fourth-order valence-electron chi connectivity index (χ4n) is 2.32. The maximum atomic E-state index is 12.2. The van der Waals surface area contributed by atoms with Crippen molar-refractivity contribution >= 4 is 17.5 Å². The summed E-state index contributed by atoms with van der Waals surface area (Å²) in [5, 5.41) is 11.9. The number of benzene rings is 1. The number of anilines is 1. The molecule has 0 aliphatic carbocycles. The Balaban J connectivity index is 2.18. The number of imide groups is 1. The molecule has 0 aromatic heterocycles. The van der Waals surface area contributed by atoms with E-state index in [1.807, 2.05) is 13.0 Å². The molecule has 1 aliphatic heterocycles. The first-order valence-corrected chi connectivity index (χ1v) is 6.79. The van der Waals surface area contributed by atoms with Crippen molar-refractivity contribution in [2.75, 3.05) is 19.0 Å². The van der Waals surface area contributed by atoms with Gasteiger partial charge < -0.3 is 10.1 Å². The van der Waals surface area contributed by atoms with E-state index in [1.165, 1.54) is 12.0 Å². The molecule has 2 rings (SSSR count). The van der Waals surface area contributed by atoms with E-state index in [-0.39, 0.29) is 18.2 Å². The minimum Gasteiger partial charge on any atom is -0.495 e. The molecule has 21 heavy (non-hydrogen) atoms. The lowest BCUT2D eigenvalue weighted by atomic mass is 10.1. The molecule has 1 aliphatic rings. The fraction of sp³-hybridized carbons (Fsp3) is 0.400. The van der Waals surface area contributed by atoms with Gasteiger partial charge in [-0.2, -0.15) is 5.26 Å². The molecule has 1 fully saturated rings. The Morgan fingerprint density at radius 3 is 2.86 bits per heavy atom. The quantitative estimate of drug-likeness (QED) is 0.830. The molecule has 1 aromatic rings. The first kappa shape index (κ1) is 14.9. The zero-order chi connectivity index (χ0) is 15.4. The van der Waals surface area contributed by atoms with E-state index in [2.05, 4.69) is 5.32 Å². The van der Waals surface area contributed by atoms with Gasteiger partial charge in [-0.3, -0.25) is 14.5 Å². The zero-order valence-electron chi connectivity index (χ0n) is 12.0. The molecule has 1 aromatic carbocycles. The van der Waals surface area contributed by atoms with E-state index in [4.69, 9.17) is 10.00 Å². The van der Waals surface area contributed by atoms with Crippen LogP contribution in [-0.2, 0) is 9.59 Å². The van der Waals surface area contributed by atoms with Crippen molar-refractivity contribution in [1.29, 1.82) is 5.26 Å². The Morgan fingerprint density at radius 2 is 2.24 bits per heavy atom. The van der Waals surface area contributed by atoms with Crippen molar-refractivity contribution in [1.82, 2.24) is 4.90 Å². The van der Waals surface area contributed by atoms with Gasteiger partial charge in [0, 0.05) is 12.6 Å². The van der Waals surface area contributed by atoms with Crippen molar-refractivity contribution in [3.8, 4) is 11.8 Å². The number of nitrogens with one attached hydrogen (secondary N) is 1. The topological polar surface area (TPSA) is 82.4 Å². The highest BCUT2D eigenvalue weighted by Gasteiger charge is 2.38. The number of nitrogens with zero attached hydrogens (tertiary/aromatic N) is 2. The molecule has 0 bridgehead atoms. The average molecular weight is 287 g/mol. The monoisotopic (exact) mass is 287 g/mol. The van der Waals surface area contributed by atoms with Crippen molar-refractivity contribution in [3.05, 3.63) is 23.8 Å². The number of carbonyl (C=O) groups is 2. The van der Waals surface area contributed by atoms with Gasteiger partial charge in [0.1, 0.15) is 11.8 Å². The molecule has 6 nitrogen and oxygen atoms in total. The molecule has 1 atom stereocenters. The highest BCUT2D eigenvalue weighted by atomic mass is 16.5. The summed E-state index contributed by atoms with van der Waals surface area (Å²) in [5.41, 5.74) is 1.07. The third-order valence-corrected chi connectivity index (χ3v) is 3.35. The summed E-state index contributed by atoms with van der Waals surface area (Å²) in [6.07, 6.45) is 0.881. The van der Waals surface area contributed by atoms with Crippen LogP contribution < -0.4 is 10.1 Å². The van der Waals surface area contributed by atoms with Gasteiger partial charge in [0.05, 0.1) is 30.9 Å². The summed E-state index contributed by atoms with van der Waals surface area (Å²) >= 11 is 0. The third kappa shape index (κ3) is 2.97. The van der Waals surface area contributed by atoms with E-state index < -0.39 is 6.04 Å². The average Bonchev–Trinajstić information content (AvgIpc) is 2.75. The standard InChI is InChI=1S/C15H17N3O3/c1-3-6-18-14(19)8-12(15(18)20)17-11-5-4-10(9-16)7-13(11)21-2/h4-5,7,12,17H,3,6,8H2,1-2H3. The minimum atomic E-state index is -0.578. The van der Waals surface area contributed by atoms with Crippen LogP contribution in [0, 0.1) is 11.3 Å². The van der Waals surface area contributed by atoms with Crippen LogP contribution in [0.1, 0.15) is 25.3 Å². The zero-order valence-corrected chi connectivity index (χ0v) is 12.0. The molecule has 110 valence electrons. The second-order valence-electron chi connectivity index (χ2n) is 4.81. The molecule has 1 unspecified atom stereocenters. The maximum Gasteiger partial charge on any atom is 0.252 e. The minimum absolute atomic E-state index is 0.141. The Bertz CT molecular complexity index is 607. The molecular weight excluding hydrogens is 270 g/mol. The molecule has 0 radical (unpaired) electrons. The van der Waals surface area contributed by atoms with Crippen LogP contribution in [0.5, 0.6) is 5.75 Å². The number of hydrogen-bond donors (Lipinski definition) is 1. The summed E-state index contributed by atoms with van der Waals surface area (Å²) in [6.45, 7) is 2.37. The van der Waals surface area contributed by atoms with Crippen molar-refractivity contribution in [2.45, 2.75) is 25.8 Å². The first-order valence-electron chi connectivity index (χ1n) is 6.79. The Morgan fingerprint density at radius 1 is 1.48 bits per heavy atom. The molecule has 1 heterocycles. The van der Waals surface area contributed by atoms with Crippen LogP contribution in [0.3, 0.4) is 0 Å². The molecule has 0 spiro atoms. The van der Waals surface area contributed by atoms with Crippen molar-refractivity contribution < 1.29 is 14.3 Å². The summed E-state index contributed by atoms with van der Waals surface area (Å²) < 4.78 is 5.21. The van der Waals surface area contributed by atoms with Gasteiger partial charge in [0.25, 0.3) is 5.91 Å². The van der Waals surface area contributed by atoms with E-state index >= 15 is 0 Å². The second-order valence-corrected chi connectivity index (χ2v) is 4.81. The van der Waals surface area contributed by atoms with E-state index in [0.717, 1.165) is 6.42 Å². The van der Waals surface area contributed by atoms with Gasteiger partial charge in [-0.05, 0) is 18.6 Å². The lowest BCUT2D eigenvalue weighted by Crippen LogP contribution is -2.35. The summed E-state index contributed by atoms with van der Waals surface area (Å²) in [5.74, 6) is 0.100. The van der Waals surface area contributed by atoms with E-state index in [0.29, 0.717) is 23.5 Å². The van der Waals surface area contributed by atoms with Gasteiger partial charge in [-0.1, -0.05) is 6.92 Å². The van der Waals surface area contributed by atoms with Crippen molar-refractivity contribution in [3.63, 3.8) is 0 Å². The predicted octanol–water partition coefficient (Wildman–Crippen LogP) is 1.52. The Kier molecular flexibility index (Phi) is 4.43. The number of carbonyl (C=O) groups excluding carboxylic acids is 2. The maximum absolute atomic E-state index is 12.2. The highest BCUT2D eigenvalue weighted by Crippen LogP contribution is 2.28. The van der Waals surface area contributed by atoms with Crippen LogP contribution in [0.25, 0.3) is 0 Å². The SMILES string of the molecule is CCCN1C(=O)CC(Nc2ccc(C#N)cc2OC)C1=O. The molecular formula is C15H17N3O3. The molecule has 0 saturated carbocycles. The van der Waals surface area contributed by atoms with Crippen LogP contribution in [0.4, 0.5) is 5.69 Å². The smallest absolute Gasteiger partial charge is 0.252 e. The third-order valence-electron chi connectivity index (χ3n) is 3.35. The lowest BCUT2D eigenvalue weighted by molar-refractivity contribution is -0.138. The van der Waals surface area contributed by atoms with Gasteiger partial charge in [-0.25, -0.2) is 0 Å². The first-order chi connectivity index (χ1) is 10.1. The predicted molar refractivity (Wildman–Crippen MR) is 76.7 cm³/mol. The molecule has 6 heteroatoms. The number of rotatable bonds is 5. The van der Waals surface area contributed by atoms with Gasteiger partial charge in [0.2, 0.25) is 5.91 Å². The fourth-order valence-corrected chi connectivity index (χ4v) is 2.32. The number of amides is 2. The number of hydrogen-bond acceptors (Lipinski definition) is 5. The molecule has 2 amide bonds. The van der Waals surface area contributed by atoms with Gasteiger partial charge in [-0.15, -0.1) is 0 Å². The number of likely N-dealkylation sites (tertiary alicyclic amines) is 1. The van der Waals surface area contributed by atoms with Crippen LogP contribution in [0.2, 0.25) is 0 Å². The largest absolute Gasteiger partial charge is 0.495 e. The number of ether oxygens (including phenoxy) is 1. The number of methoxy groups -OCH3 is 1. The second kappa shape index (κ2) is 6.27. The lowest BCUT2D eigenvalue weighted by Gasteiger charge is -2.16. The molecule has 1 N–H and O–H groups in total. The Labute approximate surface area is 123 Å². The van der Waals surface area contributed by atoms with E-state index in [9.17, 15) is 9.59 Å². The van der Waals surface area contributed by atoms with Crippen LogP contribution in [0.15, 0.2) is 18.2 Å². The van der Waals surface area contributed by atoms with Crippen molar-refractivity contribution in [2.24, 2.45) is 0 Å². The normalized spacial score (nSPS) is 17.8. The number of nitriles is 1. The molecule has 1 saturated heterocycles. The van der Waals surface area contributed by atoms with Gasteiger partial charge in [0.15, 0.2) is 0 Å². The highest BCUT2D eigenvalue weighted by molar-refractivity contribution is 6.06. The van der Waals surface area contributed by atoms with Crippen LogP contribution in [-0.4, -0.2) is 36.4 Å². The Hall–Kier alpha value is -2.55. The van der Waals surface area contributed by atoms with Gasteiger partial charge >= 0.3 is 0 Å². The van der Waals surface area contributed by atoms with Crippen LogP contribution >= 0.6 is 0 Å².